The van der Waals surface area contributed by atoms with E-state index in [4.69, 9.17) is 0 Å². The Hall–Kier alpha value is -5.44. The fourth-order valence-electron chi connectivity index (χ4n) is 4.77. The van der Waals surface area contributed by atoms with Crippen LogP contribution in [0.3, 0.4) is 0 Å². The van der Waals surface area contributed by atoms with E-state index in [1.165, 1.54) is 7.05 Å². The van der Waals surface area contributed by atoms with Crippen LogP contribution in [0.25, 0.3) is 24.3 Å². The monoisotopic (exact) mass is 503 g/mol. The summed E-state index contributed by atoms with van der Waals surface area (Å²) in [6, 6.07) is 13.1. The van der Waals surface area contributed by atoms with Crippen molar-refractivity contribution < 1.29 is 28.8 Å². The number of amides is 6. The van der Waals surface area contributed by atoms with E-state index >= 15 is 0 Å². The van der Waals surface area contributed by atoms with E-state index in [2.05, 4.69) is 10.6 Å². The first-order chi connectivity index (χ1) is 18.2. The van der Waals surface area contributed by atoms with Crippen LogP contribution in [-0.4, -0.2) is 47.4 Å². The Kier molecular flexibility index (Phi) is 5.03. The molecule has 0 fully saturated rings. The van der Waals surface area contributed by atoms with Crippen molar-refractivity contribution in [1.29, 1.82) is 0 Å². The third-order valence-corrected chi connectivity index (χ3v) is 6.74. The minimum Gasteiger partial charge on any atom is -0.288 e. The molecule has 3 aliphatic heterocycles. The lowest BCUT2D eigenvalue weighted by Crippen LogP contribution is -2.24. The third-order valence-electron chi connectivity index (χ3n) is 6.74. The molecule has 3 aliphatic rings. The summed E-state index contributed by atoms with van der Waals surface area (Å²) in [6.45, 7) is 0. The highest BCUT2D eigenvalue weighted by Crippen LogP contribution is 2.29. The number of benzene rings is 3. The first-order valence-corrected chi connectivity index (χ1v) is 11.6. The van der Waals surface area contributed by atoms with Crippen LogP contribution in [0.15, 0.2) is 48.5 Å². The third kappa shape index (κ3) is 3.48. The predicted molar refractivity (Wildman–Crippen MR) is 137 cm³/mol. The van der Waals surface area contributed by atoms with Gasteiger partial charge in [0.05, 0.1) is 33.4 Å². The Bertz CT molecular complexity index is 1750. The fourth-order valence-corrected chi connectivity index (χ4v) is 4.77. The number of hydrogen-bond donors (Lipinski definition) is 2. The minimum absolute atomic E-state index is 0.221. The van der Waals surface area contributed by atoms with Gasteiger partial charge in [-0.15, -0.1) is 0 Å². The maximum atomic E-state index is 12.6. The maximum absolute atomic E-state index is 12.6. The molecule has 0 spiro atoms. The quantitative estimate of drug-likeness (QED) is 0.416. The second kappa shape index (κ2) is 8.31. The van der Waals surface area contributed by atoms with E-state index in [0.29, 0.717) is 38.9 Å². The van der Waals surface area contributed by atoms with E-state index in [1.807, 2.05) is 0 Å². The highest BCUT2D eigenvalue weighted by Gasteiger charge is 2.33. The van der Waals surface area contributed by atoms with Crippen LogP contribution < -0.4 is 10.6 Å². The summed E-state index contributed by atoms with van der Waals surface area (Å²) in [7, 11) is 1.43. The molecule has 6 amide bonds. The normalized spacial score (nSPS) is 16.0. The maximum Gasteiger partial charge on any atom is 0.261 e. The highest BCUT2D eigenvalue weighted by atomic mass is 16.2. The number of carbonyl (C=O) groups excluding carboxylic acids is 6. The van der Waals surface area contributed by atoms with Gasteiger partial charge in [0.15, 0.2) is 0 Å². The van der Waals surface area contributed by atoms with Gasteiger partial charge in [0.1, 0.15) is 0 Å². The van der Waals surface area contributed by atoms with Crippen molar-refractivity contribution in [3.63, 3.8) is 0 Å². The number of rotatable bonds is 4. The average Bonchev–Trinajstić information content (AvgIpc) is 3.46. The lowest BCUT2D eigenvalue weighted by atomic mass is 9.95. The number of nitrogens with zero attached hydrogens (tertiary/aromatic N) is 1. The van der Waals surface area contributed by atoms with Crippen LogP contribution in [-0.2, 0) is 0 Å². The summed E-state index contributed by atoms with van der Waals surface area (Å²) in [6.07, 6.45) is 6.74. The SMILES string of the molecule is CN1C(=O)c2ccc(C=Cc3ccc(C=Cc4ccc5c(c4)C(=O)NC5=O)c4c3C(=O)NC4=O)cc2C1=O. The van der Waals surface area contributed by atoms with Crippen molar-refractivity contribution >= 4 is 59.7 Å². The summed E-state index contributed by atoms with van der Waals surface area (Å²) >= 11 is 0. The van der Waals surface area contributed by atoms with E-state index in [-0.39, 0.29) is 28.5 Å². The lowest BCUT2D eigenvalue weighted by molar-refractivity contribution is 0.0690. The van der Waals surface area contributed by atoms with Gasteiger partial charge in [0.2, 0.25) is 0 Å². The molecule has 6 rings (SSSR count). The van der Waals surface area contributed by atoms with Crippen LogP contribution >= 0.6 is 0 Å². The number of imide groups is 3. The highest BCUT2D eigenvalue weighted by molar-refractivity contribution is 6.25. The lowest BCUT2D eigenvalue weighted by Gasteiger charge is -2.06. The number of hydrogen-bond acceptors (Lipinski definition) is 6. The zero-order valence-electron chi connectivity index (χ0n) is 19.8. The molecule has 9 heteroatoms. The van der Waals surface area contributed by atoms with E-state index in [9.17, 15) is 28.8 Å². The molecule has 0 saturated heterocycles. The van der Waals surface area contributed by atoms with E-state index in [0.717, 1.165) is 4.90 Å². The molecule has 0 aliphatic carbocycles. The Morgan fingerprint density at radius 1 is 0.526 bits per heavy atom. The van der Waals surface area contributed by atoms with Crippen LogP contribution in [0.5, 0.6) is 0 Å². The van der Waals surface area contributed by atoms with Crippen LogP contribution in [0, 0.1) is 0 Å². The largest absolute Gasteiger partial charge is 0.288 e. The minimum atomic E-state index is -0.525. The molecular formula is C29H17N3O6. The first-order valence-electron chi connectivity index (χ1n) is 11.6. The van der Waals surface area contributed by atoms with Gasteiger partial charge in [-0.3, -0.25) is 44.3 Å². The Morgan fingerprint density at radius 2 is 1.00 bits per heavy atom. The zero-order chi connectivity index (χ0) is 26.7. The van der Waals surface area contributed by atoms with E-state index in [1.54, 1.807) is 72.8 Å². The summed E-state index contributed by atoms with van der Waals surface area (Å²) in [5.74, 6) is -2.68. The van der Waals surface area contributed by atoms with Gasteiger partial charge in [-0.1, -0.05) is 48.6 Å². The van der Waals surface area contributed by atoms with Crippen molar-refractivity contribution in [2.75, 3.05) is 7.05 Å². The predicted octanol–water partition coefficient (Wildman–Crippen LogP) is 3.02. The van der Waals surface area contributed by atoms with Gasteiger partial charge in [0.25, 0.3) is 35.4 Å². The molecule has 0 bridgehead atoms. The topological polar surface area (TPSA) is 130 Å². The molecule has 2 N–H and O–H groups in total. The summed E-state index contributed by atoms with van der Waals surface area (Å²) in [4.78, 5) is 74.5. The van der Waals surface area contributed by atoms with Gasteiger partial charge in [-0.25, -0.2) is 0 Å². The first kappa shape index (κ1) is 23.0. The Balaban J connectivity index is 1.33. The van der Waals surface area contributed by atoms with Crippen LogP contribution in [0.4, 0.5) is 0 Å². The Morgan fingerprint density at radius 3 is 1.61 bits per heavy atom. The zero-order valence-corrected chi connectivity index (χ0v) is 19.8. The molecular weight excluding hydrogens is 486 g/mol. The Labute approximate surface area is 215 Å². The number of fused-ring (bicyclic) bond motifs is 3. The fraction of sp³-hybridized carbons (Fsp3) is 0.0345. The summed E-state index contributed by atoms with van der Waals surface area (Å²) in [5, 5.41) is 4.57. The van der Waals surface area contributed by atoms with Crippen molar-refractivity contribution in [2.24, 2.45) is 0 Å². The van der Waals surface area contributed by atoms with Gasteiger partial charge in [-0.05, 0) is 46.5 Å². The molecule has 184 valence electrons. The second-order valence-corrected chi connectivity index (χ2v) is 9.01. The van der Waals surface area contributed by atoms with Gasteiger partial charge in [0, 0.05) is 7.05 Å². The van der Waals surface area contributed by atoms with Crippen molar-refractivity contribution in [3.05, 3.63) is 104 Å². The molecule has 3 aromatic rings. The van der Waals surface area contributed by atoms with Gasteiger partial charge in [-0.2, -0.15) is 0 Å². The molecule has 9 nitrogen and oxygen atoms in total. The summed E-state index contributed by atoms with van der Waals surface area (Å²) < 4.78 is 0. The smallest absolute Gasteiger partial charge is 0.261 e. The summed E-state index contributed by atoms with van der Waals surface area (Å²) in [5.41, 5.74) is 3.99. The van der Waals surface area contributed by atoms with Crippen molar-refractivity contribution in [1.82, 2.24) is 15.5 Å². The standard InChI is InChI=1S/C29H17N3O6/c1-32-28(37)19-11-5-15(13-21(19)29(32)38)3-7-17-9-8-16(22-23(17)27(36)31-26(22)35)6-2-14-4-10-18-20(12-14)25(34)30-24(18)33/h2-13H,1H3,(H,30,33,34)(H,31,35,36). The molecule has 3 heterocycles. The molecule has 38 heavy (non-hydrogen) atoms. The number of nitrogens with one attached hydrogen (secondary N) is 2. The molecule has 0 unspecified atom stereocenters. The number of carbonyl (C=O) groups is 6. The van der Waals surface area contributed by atoms with Crippen molar-refractivity contribution in [2.45, 2.75) is 0 Å². The molecule has 0 saturated carbocycles. The van der Waals surface area contributed by atoms with Crippen LogP contribution in [0.2, 0.25) is 0 Å². The molecule has 3 aromatic carbocycles. The average molecular weight is 503 g/mol. The van der Waals surface area contributed by atoms with Gasteiger partial charge >= 0.3 is 0 Å². The second-order valence-electron chi connectivity index (χ2n) is 9.01. The molecule has 0 atom stereocenters. The van der Waals surface area contributed by atoms with E-state index < -0.39 is 23.6 Å². The molecule has 0 aromatic heterocycles. The van der Waals surface area contributed by atoms with Gasteiger partial charge < -0.3 is 0 Å². The van der Waals surface area contributed by atoms with Crippen LogP contribution in [0.1, 0.15) is 84.4 Å². The van der Waals surface area contributed by atoms with Crippen molar-refractivity contribution in [3.8, 4) is 0 Å². The molecule has 0 radical (unpaired) electrons.